The van der Waals surface area contributed by atoms with Crippen LogP contribution in [0.15, 0.2) is 66.7 Å². The van der Waals surface area contributed by atoms with E-state index in [1.807, 2.05) is 42.5 Å². The first-order chi connectivity index (χ1) is 17.0. The smallest absolute Gasteiger partial charge is 0.318 e. The number of benzene rings is 3. The molecular formula is C27H28ClN3O4. The van der Waals surface area contributed by atoms with Gasteiger partial charge in [0.2, 0.25) is 5.91 Å². The van der Waals surface area contributed by atoms with Crippen LogP contribution in [0.1, 0.15) is 29.2 Å². The van der Waals surface area contributed by atoms with E-state index in [0.29, 0.717) is 35.2 Å². The van der Waals surface area contributed by atoms with Gasteiger partial charge in [-0.25, -0.2) is 4.79 Å². The standard InChI is InChI=1S/C27H28ClN3O4/c1-34-23-16-19-13-15-31(26(18-8-4-3-5-9-18)20(19)17-24(23)35-2)27(33)29-14-12-25(32)30-22-11-7-6-10-21(22)28/h3-11,16-17,26H,12-15H2,1-2H3,(H,29,33)(H,30,32)/t26-/m1/s1. The number of urea groups is 1. The Balaban J connectivity index is 1.49. The van der Waals surface area contributed by atoms with E-state index in [-0.39, 0.29) is 30.9 Å². The van der Waals surface area contributed by atoms with Gasteiger partial charge >= 0.3 is 6.03 Å². The molecule has 0 spiro atoms. The number of hydrogen-bond acceptors (Lipinski definition) is 4. The number of carbonyl (C=O) groups excluding carboxylic acids is 2. The van der Waals surface area contributed by atoms with Crippen molar-refractivity contribution in [2.24, 2.45) is 0 Å². The summed E-state index contributed by atoms with van der Waals surface area (Å²) in [4.78, 5) is 27.4. The number of rotatable bonds is 7. The number of anilines is 1. The van der Waals surface area contributed by atoms with Gasteiger partial charge in [0, 0.05) is 19.5 Å². The molecule has 3 aromatic carbocycles. The fraction of sp³-hybridized carbons (Fsp3) is 0.259. The summed E-state index contributed by atoms with van der Waals surface area (Å²) in [7, 11) is 3.21. The second kappa shape index (κ2) is 11.1. The van der Waals surface area contributed by atoms with Crippen molar-refractivity contribution in [3.05, 3.63) is 88.4 Å². The van der Waals surface area contributed by atoms with Crippen LogP contribution < -0.4 is 20.1 Å². The van der Waals surface area contributed by atoms with Gasteiger partial charge in [-0.15, -0.1) is 0 Å². The zero-order valence-electron chi connectivity index (χ0n) is 19.7. The minimum absolute atomic E-state index is 0.127. The Labute approximate surface area is 210 Å². The Morgan fingerprint density at radius 1 is 1.00 bits per heavy atom. The molecule has 3 amide bonds. The minimum Gasteiger partial charge on any atom is -0.493 e. The maximum absolute atomic E-state index is 13.3. The first-order valence-electron chi connectivity index (χ1n) is 11.4. The predicted octanol–water partition coefficient (Wildman–Crippen LogP) is 5.04. The summed E-state index contributed by atoms with van der Waals surface area (Å²) in [6.45, 7) is 0.728. The average Bonchev–Trinajstić information content (AvgIpc) is 2.88. The Kier molecular flexibility index (Phi) is 7.77. The molecule has 0 unspecified atom stereocenters. The Hall–Kier alpha value is -3.71. The number of amides is 3. The van der Waals surface area contributed by atoms with Gasteiger partial charge < -0.3 is 25.0 Å². The molecule has 1 aliphatic rings. The van der Waals surface area contributed by atoms with E-state index in [0.717, 1.165) is 16.7 Å². The summed E-state index contributed by atoms with van der Waals surface area (Å²) in [5.74, 6) is 1.06. The summed E-state index contributed by atoms with van der Waals surface area (Å²) >= 11 is 6.10. The molecule has 0 bridgehead atoms. The van der Waals surface area contributed by atoms with E-state index in [4.69, 9.17) is 21.1 Å². The highest BCUT2D eigenvalue weighted by Crippen LogP contribution is 2.41. The molecule has 0 saturated carbocycles. The van der Waals surface area contributed by atoms with Gasteiger partial charge in [-0.05, 0) is 47.4 Å². The van der Waals surface area contributed by atoms with Gasteiger partial charge in [-0.1, -0.05) is 54.1 Å². The molecule has 8 heteroatoms. The third-order valence-electron chi connectivity index (χ3n) is 6.03. The highest BCUT2D eigenvalue weighted by molar-refractivity contribution is 6.33. The molecule has 0 saturated heterocycles. The lowest BCUT2D eigenvalue weighted by Crippen LogP contribution is -2.46. The number of fused-ring (bicyclic) bond motifs is 1. The molecule has 182 valence electrons. The number of halogens is 1. The number of hydrogen-bond donors (Lipinski definition) is 2. The highest BCUT2D eigenvalue weighted by atomic mass is 35.5. The quantitative estimate of drug-likeness (QED) is 0.483. The SMILES string of the molecule is COc1cc2c(cc1OC)[C@@H](c1ccccc1)N(C(=O)NCCC(=O)Nc1ccccc1Cl)CC2. The van der Waals surface area contributed by atoms with Gasteiger partial charge in [0.1, 0.15) is 0 Å². The largest absolute Gasteiger partial charge is 0.493 e. The lowest BCUT2D eigenvalue weighted by Gasteiger charge is -2.38. The first-order valence-corrected chi connectivity index (χ1v) is 11.8. The van der Waals surface area contributed by atoms with E-state index in [2.05, 4.69) is 10.6 Å². The summed E-state index contributed by atoms with van der Waals surface area (Å²) in [5, 5.41) is 6.14. The maximum Gasteiger partial charge on any atom is 0.318 e. The van der Waals surface area contributed by atoms with Gasteiger partial charge in [0.25, 0.3) is 0 Å². The van der Waals surface area contributed by atoms with Crippen molar-refractivity contribution in [2.45, 2.75) is 18.9 Å². The lowest BCUT2D eigenvalue weighted by molar-refractivity contribution is -0.116. The van der Waals surface area contributed by atoms with Crippen LogP contribution in [0.4, 0.5) is 10.5 Å². The Morgan fingerprint density at radius 2 is 1.69 bits per heavy atom. The van der Waals surface area contributed by atoms with Crippen molar-refractivity contribution in [3.8, 4) is 11.5 Å². The highest BCUT2D eigenvalue weighted by Gasteiger charge is 2.33. The van der Waals surface area contributed by atoms with Crippen molar-refractivity contribution < 1.29 is 19.1 Å². The second-order valence-corrected chi connectivity index (χ2v) is 8.58. The zero-order chi connectivity index (χ0) is 24.8. The zero-order valence-corrected chi connectivity index (χ0v) is 20.5. The normalized spacial score (nSPS) is 14.6. The molecule has 1 heterocycles. The molecular weight excluding hydrogens is 466 g/mol. The topological polar surface area (TPSA) is 79.9 Å². The summed E-state index contributed by atoms with van der Waals surface area (Å²) in [6, 6.07) is 20.3. The van der Waals surface area contributed by atoms with Crippen LogP contribution >= 0.6 is 11.6 Å². The Bertz CT molecular complexity index is 1200. The number of para-hydroxylation sites is 1. The molecule has 0 aliphatic carbocycles. The van der Waals surface area contributed by atoms with Crippen LogP contribution in [0.3, 0.4) is 0 Å². The third kappa shape index (κ3) is 5.52. The molecule has 1 aliphatic heterocycles. The van der Waals surface area contributed by atoms with Crippen molar-refractivity contribution >= 4 is 29.2 Å². The van der Waals surface area contributed by atoms with Crippen molar-refractivity contribution in [2.75, 3.05) is 32.6 Å². The van der Waals surface area contributed by atoms with Crippen molar-refractivity contribution in [1.82, 2.24) is 10.2 Å². The van der Waals surface area contributed by atoms with Crippen LogP contribution in [-0.2, 0) is 11.2 Å². The minimum atomic E-state index is -0.295. The molecule has 4 rings (SSSR count). The second-order valence-electron chi connectivity index (χ2n) is 8.17. The molecule has 7 nitrogen and oxygen atoms in total. The molecule has 0 aromatic heterocycles. The van der Waals surface area contributed by atoms with Gasteiger partial charge in [0.05, 0.1) is 31.0 Å². The van der Waals surface area contributed by atoms with Crippen LogP contribution in [0.2, 0.25) is 5.02 Å². The van der Waals surface area contributed by atoms with Crippen molar-refractivity contribution in [3.63, 3.8) is 0 Å². The number of nitrogens with one attached hydrogen (secondary N) is 2. The molecule has 0 fully saturated rings. The van der Waals surface area contributed by atoms with E-state index in [1.165, 1.54) is 0 Å². The molecule has 3 aromatic rings. The van der Waals surface area contributed by atoms with Gasteiger partial charge in [-0.3, -0.25) is 4.79 Å². The summed E-state index contributed by atoms with van der Waals surface area (Å²) < 4.78 is 11.0. The predicted molar refractivity (Wildman–Crippen MR) is 136 cm³/mol. The monoisotopic (exact) mass is 493 g/mol. The lowest BCUT2D eigenvalue weighted by atomic mass is 9.88. The van der Waals surface area contributed by atoms with Crippen LogP contribution in [0.5, 0.6) is 11.5 Å². The van der Waals surface area contributed by atoms with Gasteiger partial charge in [0.15, 0.2) is 11.5 Å². The van der Waals surface area contributed by atoms with Gasteiger partial charge in [-0.2, -0.15) is 0 Å². The fourth-order valence-electron chi connectivity index (χ4n) is 4.32. The van der Waals surface area contributed by atoms with E-state index >= 15 is 0 Å². The number of methoxy groups -OCH3 is 2. The molecule has 35 heavy (non-hydrogen) atoms. The number of nitrogens with zero attached hydrogens (tertiary/aromatic N) is 1. The summed E-state index contributed by atoms with van der Waals surface area (Å²) in [6.07, 6.45) is 0.807. The van der Waals surface area contributed by atoms with E-state index in [9.17, 15) is 9.59 Å². The van der Waals surface area contributed by atoms with Crippen LogP contribution in [0, 0.1) is 0 Å². The molecule has 1 atom stereocenters. The van der Waals surface area contributed by atoms with Crippen molar-refractivity contribution in [1.29, 1.82) is 0 Å². The Morgan fingerprint density at radius 3 is 2.40 bits per heavy atom. The molecule has 2 N–H and O–H groups in total. The summed E-state index contributed by atoms with van der Waals surface area (Å²) in [5.41, 5.74) is 3.64. The number of ether oxygens (including phenoxy) is 2. The first kappa shape index (κ1) is 24.4. The van der Waals surface area contributed by atoms with Crippen LogP contribution in [0.25, 0.3) is 0 Å². The van der Waals surface area contributed by atoms with E-state index in [1.54, 1.807) is 43.4 Å². The average molecular weight is 494 g/mol. The number of carbonyl (C=O) groups is 2. The fourth-order valence-corrected chi connectivity index (χ4v) is 4.50. The molecule has 0 radical (unpaired) electrons. The maximum atomic E-state index is 13.3. The van der Waals surface area contributed by atoms with Crippen LogP contribution in [-0.4, -0.2) is 44.1 Å². The van der Waals surface area contributed by atoms with E-state index < -0.39 is 0 Å². The third-order valence-corrected chi connectivity index (χ3v) is 6.36.